The van der Waals surface area contributed by atoms with E-state index in [-0.39, 0.29) is 11.7 Å². The van der Waals surface area contributed by atoms with Gasteiger partial charge in [0.1, 0.15) is 0 Å². The number of carbonyl (C=O) groups excluding carboxylic acids is 1. The first-order valence-electron chi connectivity index (χ1n) is 8.94. The molecule has 0 unspecified atom stereocenters. The molecule has 1 saturated heterocycles. The van der Waals surface area contributed by atoms with Gasteiger partial charge in [-0.25, -0.2) is 8.42 Å². The molecule has 3 aromatic carbocycles. The lowest BCUT2D eigenvalue weighted by Gasteiger charge is -2.28. The minimum atomic E-state index is -3.25. The Balaban J connectivity index is 1.56. The first-order chi connectivity index (χ1) is 13.0. The molecule has 0 bridgehead atoms. The fraction of sp³-hybridized carbons (Fsp3) is 0.190. The molecule has 1 amide bonds. The number of hydrogen-bond acceptors (Lipinski definition) is 3. The largest absolute Gasteiger partial charge is 0.321 e. The van der Waals surface area contributed by atoms with Crippen molar-refractivity contribution >= 4 is 38.1 Å². The Labute approximate surface area is 158 Å². The first-order valence-corrected chi connectivity index (χ1v) is 10.6. The van der Waals surface area contributed by atoms with Crippen molar-refractivity contribution < 1.29 is 13.2 Å². The van der Waals surface area contributed by atoms with E-state index in [9.17, 15) is 13.2 Å². The van der Waals surface area contributed by atoms with Crippen LogP contribution in [-0.2, 0) is 10.0 Å². The van der Waals surface area contributed by atoms with Gasteiger partial charge in [0, 0.05) is 23.2 Å². The van der Waals surface area contributed by atoms with Crippen LogP contribution in [0.3, 0.4) is 0 Å². The number of carbonyl (C=O) groups is 1. The Morgan fingerprint density at radius 3 is 2.41 bits per heavy atom. The molecule has 1 N–H and O–H groups in total. The molecule has 0 spiro atoms. The molecule has 5 nitrogen and oxygen atoms in total. The van der Waals surface area contributed by atoms with Crippen molar-refractivity contribution in [3.05, 3.63) is 72.3 Å². The predicted octanol–water partition coefficient (Wildman–Crippen LogP) is 4.02. The van der Waals surface area contributed by atoms with Crippen LogP contribution in [0.15, 0.2) is 66.7 Å². The molecular formula is C21H20N2O3S. The van der Waals surface area contributed by atoms with Gasteiger partial charge >= 0.3 is 0 Å². The molecule has 1 aliphatic heterocycles. The van der Waals surface area contributed by atoms with Crippen LogP contribution >= 0.6 is 0 Å². The Morgan fingerprint density at radius 1 is 0.889 bits per heavy atom. The van der Waals surface area contributed by atoms with E-state index >= 15 is 0 Å². The van der Waals surface area contributed by atoms with Crippen LogP contribution in [0.5, 0.6) is 0 Å². The summed E-state index contributed by atoms with van der Waals surface area (Å²) < 4.78 is 25.9. The molecule has 1 fully saturated rings. The second-order valence-corrected chi connectivity index (χ2v) is 8.64. The third-order valence-electron chi connectivity index (χ3n) is 4.80. The number of benzene rings is 3. The smallest absolute Gasteiger partial charge is 0.255 e. The van der Waals surface area contributed by atoms with Crippen molar-refractivity contribution in [2.45, 2.75) is 12.8 Å². The molecule has 0 atom stereocenters. The summed E-state index contributed by atoms with van der Waals surface area (Å²) in [4.78, 5) is 12.6. The molecule has 3 aromatic rings. The zero-order valence-electron chi connectivity index (χ0n) is 14.8. The number of nitrogens with zero attached hydrogens (tertiary/aromatic N) is 1. The van der Waals surface area contributed by atoms with Crippen molar-refractivity contribution in [1.29, 1.82) is 0 Å². The number of anilines is 2. The molecule has 138 valence electrons. The normalized spacial score (nSPS) is 16.2. The second kappa shape index (κ2) is 7.04. The predicted molar refractivity (Wildman–Crippen MR) is 109 cm³/mol. The number of fused-ring (bicyclic) bond motifs is 1. The van der Waals surface area contributed by atoms with E-state index in [1.807, 2.05) is 42.5 Å². The summed E-state index contributed by atoms with van der Waals surface area (Å²) in [6.45, 7) is 0.490. The topological polar surface area (TPSA) is 66.5 Å². The highest BCUT2D eigenvalue weighted by Gasteiger charge is 2.26. The van der Waals surface area contributed by atoms with Crippen molar-refractivity contribution in [3.63, 3.8) is 0 Å². The summed E-state index contributed by atoms with van der Waals surface area (Å²) >= 11 is 0. The Kier molecular flexibility index (Phi) is 4.58. The number of hydrogen-bond donors (Lipinski definition) is 1. The summed E-state index contributed by atoms with van der Waals surface area (Å²) in [6, 6.07) is 20.4. The van der Waals surface area contributed by atoms with Crippen molar-refractivity contribution in [2.24, 2.45) is 0 Å². The average molecular weight is 380 g/mol. The number of rotatable bonds is 3. The van der Waals surface area contributed by atoms with Gasteiger partial charge in [0.15, 0.2) is 0 Å². The van der Waals surface area contributed by atoms with Crippen molar-refractivity contribution in [1.82, 2.24) is 0 Å². The number of nitrogens with one attached hydrogen (secondary N) is 1. The molecule has 4 rings (SSSR count). The molecular weight excluding hydrogens is 360 g/mol. The van der Waals surface area contributed by atoms with E-state index in [1.54, 1.807) is 24.3 Å². The van der Waals surface area contributed by atoms with Gasteiger partial charge in [0.05, 0.1) is 11.4 Å². The highest BCUT2D eigenvalue weighted by Crippen LogP contribution is 2.26. The second-order valence-electron chi connectivity index (χ2n) is 6.62. The van der Waals surface area contributed by atoms with Crippen LogP contribution < -0.4 is 9.62 Å². The third-order valence-corrected chi connectivity index (χ3v) is 6.67. The van der Waals surface area contributed by atoms with Gasteiger partial charge in [-0.3, -0.25) is 9.10 Å². The van der Waals surface area contributed by atoms with Gasteiger partial charge in [-0.05, 0) is 48.6 Å². The van der Waals surface area contributed by atoms with E-state index in [1.165, 1.54) is 4.31 Å². The fourth-order valence-corrected chi connectivity index (χ4v) is 5.03. The fourth-order valence-electron chi connectivity index (χ4n) is 3.39. The van der Waals surface area contributed by atoms with E-state index in [0.29, 0.717) is 24.2 Å². The Bertz CT molecular complexity index is 1090. The van der Waals surface area contributed by atoms with Gasteiger partial charge in [0.25, 0.3) is 5.91 Å². The van der Waals surface area contributed by atoms with Gasteiger partial charge in [-0.2, -0.15) is 0 Å². The van der Waals surface area contributed by atoms with Crippen molar-refractivity contribution in [2.75, 3.05) is 21.9 Å². The molecule has 27 heavy (non-hydrogen) atoms. The molecule has 0 aromatic heterocycles. The van der Waals surface area contributed by atoms with Crippen LogP contribution in [0.2, 0.25) is 0 Å². The number of sulfonamides is 1. The zero-order valence-corrected chi connectivity index (χ0v) is 15.6. The first kappa shape index (κ1) is 17.5. The molecule has 1 aliphatic rings. The summed E-state index contributed by atoms with van der Waals surface area (Å²) in [5, 5.41) is 4.98. The lowest BCUT2D eigenvalue weighted by molar-refractivity contribution is 0.102. The average Bonchev–Trinajstić information content (AvgIpc) is 2.68. The maximum atomic E-state index is 12.6. The quantitative estimate of drug-likeness (QED) is 0.746. The zero-order chi connectivity index (χ0) is 18.9. The van der Waals surface area contributed by atoms with E-state index in [4.69, 9.17) is 0 Å². The SMILES string of the molecule is O=C(Nc1cccc2ccccc12)c1ccc(N2CCCCS2(=O)=O)cc1. The van der Waals surface area contributed by atoms with Gasteiger partial charge in [-0.15, -0.1) is 0 Å². The summed E-state index contributed by atoms with van der Waals surface area (Å²) in [5.41, 5.74) is 1.85. The van der Waals surface area contributed by atoms with Crippen LogP contribution in [-0.4, -0.2) is 26.6 Å². The van der Waals surface area contributed by atoms with E-state index in [2.05, 4.69) is 5.32 Å². The van der Waals surface area contributed by atoms with E-state index in [0.717, 1.165) is 22.9 Å². The molecule has 0 radical (unpaired) electrons. The summed E-state index contributed by atoms with van der Waals surface area (Å²) in [5.74, 6) is -0.0459. The molecule has 1 heterocycles. The lowest BCUT2D eigenvalue weighted by atomic mass is 10.1. The third kappa shape index (κ3) is 3.53. The minimum absolute atomic E-state index is 0.177. The maximum Gasteiger partial charge on any atom is 0.255 e. The highest BCUT2D eigenvalue weighted by atomic mass is 32.2. The maximum absolute atomic E-state index is 12.6. The monoisotopic (exact) mass is 380 g/mol. The van der Waals surface area contributed by atoms with Gasteiger partial charge in [-0.1, -0.05) is 36.4 Å². The summed E-state index contributed by atoms with van der Waals surface area (Å²) in [7, 11) is -3.25. The van der Waals surface area contributed by atoms with Crippen molar-refractivity contribution in [3.8, 4) is 0 Å². The molecule has 6 heteroatoms. The Hall–Kier alpha value is -2.86. The number of amides is 1. The van der Waals surface area contributed by atoms with Crippen LogP contribution in [0.1, 0.15) is 23.2 Å². The molecule has 0 aliphatic carbocycles. The highest BCUT2D eigenvalue weighted by molar-refractivity contribution is 7.92. The van der Waals surface area contributed by atoms with Crippen LogP contribution in [0.4, 0.5) is 11.4 Å². The van der Waals surface area contributed by atoms with Crippen LogP contribution in [0.25, 0.3) is 10.8 Å². The van der Waals surface area contributed by atoms with Gasteiger partial charge in [0.2, 0.25) is 10.0 Å². The Morgan fingerprint density at radius 2 is 1.63 bits per heavy atom. The standard InChI is InChI=1S/C21H20N2O3S/c24-21(22-20-9-5-7-16-6-1-2-8-19(16)20)17-10-12-18(13-11-17)23-14-3-4-15-27(23,25)26/h1-2,5-13H,3-4,14-15H2,(H,22,24). The van der Waals surface area contributed by atoms with Crippen LogP contribution in [0, 0.1) is 0 Å². The summed E-state index contributed by atoms with van der Waals surface area (Å²) in [6.07, 6.45) is 1.55. The lowest BCUT2D eigenvalue weighted by Crippen LogP contribution is -2.37. The minimum Gasteiger partial charge on any atom is -0.321 e. The van der Waals surface area contributed by atoms with Gasteiger partial charge < -0.3 is 5.32 Å². The van der Waals surface area contributed by atoms with E-state index < -0.39 is 10.0 Å². The molecule has 0 saturated carbocycles.